The quantitative estimate of drug-likeness (QED) is 0.807. The fourth-order valence-corrected chi connectivity index (χ4v) is 1.99. The van der Waals surface area contributed by atoms with Crippen LogP contribution in [0.2, 0.25) is 0 Å². The minimum Gasteiger partial charge on any atom is -0.444 e. The molecule has 0 spiro atoms. The van der Waals surface area contributed by atoms with Gasteiger partial charge < -0.3 is 9.64 Å². The number of benzene rings is 1. The van der Waals surface area contributed by atoms with E-state index in [4.69, 9.17) is 4.74 Å². The molecule has 0 fully saturated rings. The van der Waals surface area contributed by atoms with Crippen molar-refractivity contribution in [3.8, 4) is 0 Å². The number of amides is 1. The molecule has 2 rings (SSSR count). The molecule has 0 aliphatic heterocycles. The van der Waals surface area contributed by atoms with Gasteiger partial charge in [0.25, 0.3) is 5.91 Å². The molecule has 1 atom stereocenters. The Hall–Kier alpha value is -2.63. The largest absolute Gasteiger partial charge is 0.444 e. The molecule has 0 radical (unpaired) electrons. The maximum absolute atomic E-state index is 12.3. The summed E-state index contributed by atoms with van der Waals surface area (Å²) in [6.07, 6.45) is 0.475. The van der Waals surface area contributed by atoms with E-state index in [1.807, 2.05) is 6.07 Å². The number of carbonyl (C=O) groups excluding carboxylic acids is 2. The first kappa shape index (κ1) is 15.8. The maximum atomic E-state index is 12.3. The number of rotatable bonds is 4. The van der Waals surface area contributed by atoms with Gasteiger partial charge in [0.15, 0.2) is 0 Å². The molecule has 1 unspecified atom stereocenters. The Morgan fingerprint density at radius 2 is 1.86 bits per heavy atom. The second-order valence-corrected chi connectivity index (χ2v) is 5.20. The molecule has 116 valence electrons. The van der Waals surface area contributed by atoms with E-state index in [1.165, 1.54) is 11.1 Å². The number of hydrogen-bond acceptors (Lipinski definition) is 4. The molecular formula is C16H19N3O3. The van der Waals surface area contributed by atoms with Crippen LogP contribution in [0.1, 0.15) is 27.7 Å². The highest BCUT2D eigenvalue weighted by Crippen LogP contribution is 2.22. The molecule has 0 saturated heterocycles. The lowest BCUT2D eigenvalue weighted by Crippen LogP contribution is -2.31. The zero-order valence-electron chi connectivity index (χ0n) is 13.1. The molecule has 0 saturated carbocycles. The lowest BCUT2D eigenvalue weighted by atomic mass is 10.1. The number of aryl methyl sites for hydroxylation is 1. The second kappa shape index (κ2) is 6.43. The number of aromatic nitrogens is 2. The van der Waals surface area contributed by atoms with E-state index >= 15 is 0 Å². The normalized spacial score (nSPS) is 11.8. The van der Waals surface area contributed by atoms with E-state index in [0.717, 1.165) is 0 Å². The van der Waals surface area contributed by atoms with Gasteiger partial charge in [-0.15, -0.1) is 0 Å². The van der Waals surface area contributed by atoms with Gasteiger partial charge in [-0.2, -0.15) is 5.10 Å². The molecule has 0 aliphatic rings. The van der Waals surface area contributed by atoms with E-state index < -0.39 is 12.1 Å². The van der Waals surface area contributed by atoms with Crippen LogP contribution in [0.5, 0.6) is 0 Å². The van der Waals surface area contributed by atoms with E-state index in [2.05, 4.69) is 5.10 Å². The summed E-state index contributed by atoms with van der Waals surface area (Å²) in [5.74, 6) is -0.851. The highest BCUT2D eigenvalue weighted by atomic mass is 16.5. The summed E-state index contributed by atoms with van der Waals surface area (Å²) in [5, 5.41) is 4.02. The average molecular weight is 301 g/mol. The molecule has 0 aliphatic carbocycles. The highest BCUT2D eigenvalue weighted by molar-refractivity contribution is 5.93. The van der Waals surface area contributed by atoms with Crippen molar-refractivity contribution >= 4 is 11.9 Å². The number of likely N-dealkylation sites (N-methyl/N-ethyl adjacent to an activating group) is 1. The number of carbonyl (C=O) groups is 2. The molecule has 1 aromatic heterocycles. The summed E-state index contributed by atoms with van der Waals surface area (Å²) in [5.41, 5.74) is 1.68. The highest BCUT2D eigenvalue weighted by Gasteiger charge is 2.28. The van der Waals surface area contributed by atoms with Crippen molar-refractivity contribution in [3.63, 3.8) is 0 Å². The zero-order valence-corrected chi connectivity index (χ0v) is 13.1. The van der Waals surface area contributed by atoms with Crippen molar-refractivity contribution in [1.82, 2.24) is 14.7 Å². The Bertz CT molecular complexity index is 677. The van der Waals surface area contributed by atoms with Crippen LogP contribution in [0.3, 0.4) is 0 Å². The molecule has 0 N–H and O–H groups in total. The van der Waals surface area contributed by atoms with Gasteiger partial charge in [0.05, 0.1) is 6.20 Å². The smallest absolute Gasteiger partial charge is 0.342 e. The van der Waals surface area contributed by atoms with Gasteiger partial charge in [-0.3, -0.25) is 9.48 Å². The van der Waals surface area contributed by atoms with Crippen LogP contribution in [0.4, 0.5) is 0 Å². The predicted molar refractivity (Wildman–Crippen MR) is 81.2 cm³/mol. The van der Waals surface area contributed by atoms with Crippen molar-refractivity contribution in [2.75, 3.05) is 14.1 Å². The minimum atomic E-state index is -0.969. The Balaban J connectivity index is 2.29. The SMILES string of the molecule is Cc1c(C(=O)OC(C(=O)N(C)C)c2ccccc2)cnn1C. The molecule has 22 heavy (non-hydrogen) atoms. The van der Waals surface area contributed by atoms with Gasteiger partial charge in [-0.05, 0) is 6.92 Å². The van der Waals surface area contributed by atoms with E-state index in [0.29, 0.717) is 16.8 Å². The first-order valence-corrected chi connectivity index (χ1v) is 6.87. The minimum absolute atomic E-state index is 0.291. The van der Waals surface area contributed by atoms with Gasteiger partial charge in [0, 0.05) is 32.4 Å². The van der Waals surface area contributed by atoms with Gasteiger partial charge in [0.2, 0.25) is 6.10 Å². The molecule has 1 heterocycles. The van der Waals surface area contributed by atoms with E-state index in [1.54, 1.807) is 57.0 Å². The fourth-order valence-electron chi connectivity index (χ4n) is 1.99. The van der Waals surface area contributed by atoms with Crippen molar-refractivity contribution in [2.24, 2.45) is 7.05 Å². The van der Waals surface area contributed by atoms with Crippen molar-refractivity contribution in [3.05, 3.63) is 53.3 Å². The summed E-state index contributed by atoms with van der Waals surface area (Å²) < 4.78 is 7.04. The first-order valence-electron chi connectivity index (χ1n) is 6.87. The number of ether oxygens (including phenoxy) is 1. The summed E-state index contributed by atoms with van der Waals surface area (Å²) in [6, 6.07) is 8.96. The fraction of sp³-hybridized carbons (Fsp3) is 0.312. The molecular weight excluding hydrogens is 282 g/mol. The summed E-state index contributed by atoms with van der Waals surface area (Å²) >= 11 is 0. The summed E-state index contributed by atoms with van der Waals surface area (Å²) in [6.45, 7) is 1.77. The number of esters is 1. The van der Waals surface area contributed by atoms with Crippen molar-refractivity contribution < 1.29 is 14.3 Å². The Morgan fingerprint density at radius 1 is 1.23 bits per heavy atom. The molecule has 1 aromatic carbocycles. The Labute approximate surface area is 129 Å². The lowest BCUT2D eigenvalue weighted by Gasteiger charge is -2.21. The summed E-state index contributed by atoms with van der Waals surface area (Å²) in [7, 11) is 4.99. The molecule has 2 aromatic rings. The number of hydrogen-bond donors (Lipinski definition) is 0. The molecule has 1 amide bonds. The Kier molecular flexibility index (Phi) is 4.60. The second-order valence-electron chi connectivity index (χ2n) is 5.20. The molecule has 6 nitrogen and oxygen atoms in total. The van der Waals surface area contributed by atoms with Gasteiger partial charge in [-0.1, -0.05) is 30.3 Å². The average Bonchev–Trinajstić information content (AvgIpc) is 2.84. The topological polar surface area (TPSA) is 64.4 Å². The van der Waals surface area contributed by atoms with E-state index in [9.17, 15) is 9.59 Å². The monoisotopic (exact) mass is 301 g/mol. The Morgan fingerprint density at radius 3 is 2.36 bits per heavy atom. The van der Waals surface area contributed by atoms with Crippen LogP contribution in [0.25, 0.3) is 0 Å². The first-order chi connectivity index (χ1) is 10.4. The van der Waals surface area contributed by atoms with Crippen LogP contribution < -0.4 is 0 Å². The van der Waals surface area contributed by atoms with Gasteiger partial charge in [0.1, 0.15) is 5.56 Å². The third-order valence-corrected chi connectivity index (χ3v) is 3.45. The van der Waals surface area contributed by atoms with Crippen LogP contribution in [-0.4, -0.2) is 40.7 Å². The van der Waals surface area contributed by atoms with Crippen LogP contribution in [-0.2, 0) is 16.6 Å². The standard InChI is InChI=1S/C16H19N3O3/c1-11-13(10-17-19(11)4)16(21)22-14(15(20)18(2)3)12-8-6-5-7-9-12/h5-10,14H,1-4H3. The summed E-state index contributed by atoms with van der Waals surface area (Å²) in [4.78, 5) is 26.1. The van der Waals surface area contributed by atoms with Gasteiger partial charge in [-0.25, -0.2) is 4.79 Å². The molecule has 6 heteroatoms. The lowest BCUT2D eigenvalue weighted by molar-refractivity contribution is -0.138. The van der Waals surface area contributed by atoms with Crippen LogP contribution in [0.15, 0.2) is 36.5 Å². The van der Waals surface area contributed by atoms with Crippen molar-refractivity contribution in [1.29, 1.82) is 0 Å². The number of nitrogens with zero attached hydrogens (tertiary/aromatic N) is 3. The maximum Gasteiger partial charge on any atom is 0.342 e. The van der Waals surface area contributed by atoms with Crippen molar-refractivity contribution in [2.45, 2.75) is 13.0 Å². The van der Waals surface area contributed by atoms with Gasteiger partial charge >= 0.3 is 5.97 Å². The molecule has 0 bridgehead atoms. The third kappa shape index (κ3) is 3.16. The zero-order chi connectivity index (χ0) is 16.3. The van der Waals surface area contributed by atoms with E-state index in [-0.39, 0.29) is 5.91 Å². The third-order valence-electron chi connectivity index (χ3n) is 3.45. The van der Waals surface area contributed by atoms with Crippen LogP contribution >= 0.6 is 0 Å². The predicted octanol–water partition coefficient (Wildman–Crippen LogP) is 1.71. The van der Waals surface area contributed by atoms with Crippen LogP contribution in [0, 0.1) is 6.92 Å².